The average molecular weight is 249 g/mol. The molecular weight excluding hydrogens is 228 g/mol. The molecule has 0 bridgehead atoms. The van der Waals surface area contributed by atoms with Crippen molar-refractivity contribution in [2.24, 2.45) is 5.73 Å². The number of nitrogens with one attached hydrogen (secondary N) is 1. The molecule has 1 aliphatic rings. The number of nitrogens with two attached hydrogens (primary N) is 1. The lowest BCUT2D eigenvalue weighted by Crippen LogP contribution is -2.56. The van der Waals surface area contributed by atoms with Crippen LogP contribution >= 0.6 is 17.3 Å². The van der Waals surface area contributed by atoms with Gasteiger partial charge < -0.3 is 11.1 Å². The second-order valence-electron chi connectivity index (χ2n) is 3.86. The second-order valence-corrected chi connectivity index (χ2v) is 5.47. The number of nitrogens with zero attached hydrogens (tertiary/aromatic N) is 1. The lowest BCUT2D eigenvalue weighted by molar-refractivity contribution is -0.126. The van der Waals surface area contributed by atoms with Crippen molar-refractivity contribution in [2.45, 2.75) is 38.3 Å². The molecule has 1 aliphatic heterocycles. The van der Waals surface area contributed by atoms with Crippen LogP contribution in [0.4, 0.5) is 0 Å². The fraction of sp³-hybridized carbons (Fsp3) is 0.889. The number of carbonyl (C=O) groups excluding carboxylic acids is 1. The fourth-order valence-corrected chi connectivity index (χ4v) is 3.48. The van der Waals surface area contributed by atoms with Crippen LogP contribution in [0.1, 0.15) is 26.2 Å². The monoisotopic (exact) mass is 249 g/mol. The third-order valence-electron chi connectivity index (χ3n) is 2.66. The number of piperidine rings is 1. The van der Waals surface area contributed by atoms with Gasteiger partial charge >= 0.3 is 0 Å². The van der Waals surface area contributed by atoms with Gasteiger partial charge in [-0.25, -0.2) is 0 Å². The summed E-state index contributed by atoms with van der Waals surface area (Å²) < 4.78 is 2.17. The second kappa shape index (κ2) is 6.75. The molecule has 0 saturated carbocycles. The SMILES string of the molecule is CCCNC(=O)C1C(N)CCCN1PP. The van der Waals surface area contributed by atoms with E-state index >= 15 is 0 Å². The highest BCUT2D eigenvalue weighted by Gasteiger charge is 2.33. The molecule has 4 nitrogen and oxygen atoms in total. The Morgan fingerprint density at radius 3 is 3.07 bits per heavy atom. The van der Waals surface area contributed by atoms with Crippen LogP contribution < -0.4 is 11.1 Å². The van der Waals surface area contributed by atoms with Gasteiger partial charge in [-0.1, -0.05) is 15.9 Å². The molecule has 1 amide bonds. The van der Waals surface area contributed by atoms with Crippen molar-refractivity contribution in [1.82, 2.24) is 9.99 Å². The zero-order chi connectivity index (χ0) is 11.3. The van der Waals surface area contributed by atoms with Gasteiger partial charge in [0.2, 0.25) is 5.91 Å². The van der Waals surface area contributed by atoms with Crippen LogP contribution in [0.15, 0.2) is 0 Å². The molecule has 1 saturated heterocycles. The summed E-state index contributed by atoms with van der Waals surface area (Å²) >= 11 is 0. The lowest BCUT2D eigenvalue weighted by Gasteiger charge is -2.37. The van der Waals surface area contributed by atoms with Crippen LogP contribution in [0.2, 0.25) is 0 Å². The van der Waals surface area contributed by atoms with Gasteiger partial charge in [0.15, 0.2) is 0 Å². The average Bonchev–Trinajstić information content (AvgIpc) is 2.25. The molecule has 0 spiro atoms. The van der Waals surface area contributed by atoms with E-state index in [1.165, 1.54) is 0 Å². The van der Waals surface area contributed by atoms with Gasteiger partial charge in [-0.15, -0.1) is 0 Å². The number of amides is 1. The zero-order valence-electron chi connectivity index (χ0n) is 9.20. The van der Waals surface area contributed by atoms with E-state index in [2.05, 4.69) is 25.8 Å². The summed E-state index contributed by atoms with van der Waals surface area (Å²) in [6, 6.07) is -0.134. The largest absolute Gasteiger partial charge is 0.355 e. The fourth-order valence-electron chi connectivity index (χ4n) is 1.86. The van der Waals surface area contributed by atoms with E-state index in [9.17, 15) is 4.79 Å². The van der Waals surface area contributed by atoms with Gasteiger partial charge in [0.25, 0.3) is 0 Å². The van der Waals surface area contributed by atoms with Gasteiger partial charge in [0.05, 0.1) is 0 Å². The Kier molecular flexibility index (Phi) is 5.99. The van der Waals surface area contributed by atoms with E-state index in [4.69, 9.17) is 5.73 Å². The summed E-state index contributed by atoms with van der Waals surface area (Å²) in [5.74, 6) is 0.0963. The first kappa shape index (κ1) is 13.3. The van der Waals surface area contributed by atoms with Crippen molar-refractivity contribution in [3.8, 4) is 0 Å². The maximum Gasteiger partial charge on any atom is 0.239 e. The molecule has 1 fully saturated rings. The molecule has 0 radical (unpaired) electrons. The van der Waals surface area contributed by atoms with Crippen LogP contribution in [0.3, 0.4) is 0 Å². The highest BCUT2D eigenvalue weighted by Crippen LogP contribution is 2.33. The first-order valence-corrected chi connectivity index (χ1v) is 8.22. The predicted octanol–water partition coefficient (Wildman–Crippen LogP) is 0.688. The number of carbonyl (C=O) groups is 1. The molecule has 1 rings (SSSR count). The Hall–Kier alpha value is 0.250. The van der Waals surface area contributed by atoms with Gasteiger partial charge in [-0.3, -0.25) is 9.46 Å². The topological polar surface area (TPSA) is 58.4 Å². The Morgan fingerprint density at radius 2 is 2.47 bits per heavy atom. The van der Waals surface area contributed by atoms with Gasteiger partial charge in [0, 0.05) is 19.1 Å². The van der Waals surface area contributed by atoms with Crippen LogP contribution in [-0.4, -0.2) is 35.8 Å². The maximum atomic E-state index is 11.9. The van der Waals surface area contributed by atoms with Crippen LogP contribution in [0.5, 0.6) is 0 Å². The zero-order valence-corrected chi connectivity index (χ0v) is 11.4. The van der Waals surface area contributed by atoms with E-state index in [-0.39, 0.29) is 18.0 Å². The van der Waals surface area contributed by atoms with E-state index < -0.39 is 0 Å². The van der Waals surface area contributed by atoms with Crippen LogP contribution in [0, 0.1) is 0 Å². The predicted molar refractivity (Wildman–Crippen MR) is 69.0 cm³/mol. The van der Waals surface area contributed by atoms with Crippen molar-refractivity contribution in [3.63, 3.8) is 0 Å². The maximum absolute atomic E-state index is 11.9. The number of rotatable bonds is 4. The minimum Gasteiger partial charge on any atom is -0.355 e. The van der Waals surface area contributed by atoms with Crippen molar-refractivity contribution in [3.05, 3.63) is 0 Å². The van der Waals surface area contributed by atoms with Gasteiger partial charge in [-0.05, 0) is 27.7 Å². The summed E-state index contributed by atoms with van der Waals surface area (Å²) in [4.78, 5) is 11.9. The normalized spacial score (nSPS) is 28.5. The number of hydrogen-bond donors (Lipinski definition) is 2. The first-order valence-electron chi connectivity index (χ1n) is 5.47. The summed E-state index contributed by atoms with van der Waals surface area (Å²) in [6.07, 6.45) is 3.02. The summed E-state index contributed by atoms with van der Waals surface area (Å²) in [7, 11) is 3.28. The molecule has 4 atom stereocenters. The summed E-state index contributed by atoms with van der Waals surface area (Å²) in [5, 5.41) is 2.93. The Balaban J connectivity index is 2.56. The smallest absolute Gasteiger partial charge is 0.239 e. The third kappa shape index (κ3) is 3.64. The minimum absolute atomic E-state index is 0.0105. The van der Waals surface area contributed by atoms with Gasteiger partial charge in [0.1, 0.15) is 6.04 Å². The molecule has 0 aromatic carbocycles. The van der Waals surface area contributed by atoms with Crippen molar-refractivity contribution in [2.75, 3.05) is 13.1 Å². The molecule has 4 unspecified atom stereocenters. The third-order valence-corrected chi connectivity index (χ3v) is 4.49. The molecule has 1 heterocycles. The molecular formula is C9H21N3OP2. The summed E-state index contributed by atoms with van der Waals surface area (Å²) in [5.41, 5.74) is 6.01. The van der Waals surface area contributed by atoms with Crippen LogP contribution in [-0.2, 0) is 4.79 Å². The molecule has 6 heteroatoms. The first-order chi connectivity index (χ1) is 7.20. The Labute approximate surface area is 95.7 Å². The van der Waals surface area contributed by atoms with E-state index in [0.717, 1.165) is 32.4 Å². The highest BCUT2D eigenvalue weighted by atomic mass is 32.0. The Bertz CT molecular complexity index is 216. The molecule has 15 heavy (non-hydrogen) atoms. The standard InChI is InChI=1S/C9H21N3OP2/c1-2-5-11-9(13)8-7(10)4-3-6-12(8)15-14/h7-8,15H,2-6,10,14H2,1H3,(H,11,13). The van der Waals surface area contributed by atoms with E-state index in [0.29, 0.717) is 8.42 Å². The van der Waals surface area contributed by atoms with E-state index in [1.54, 1.807) is 0 Å². The molecule has 3 N–H and O–H groups in total. The molecule has 0 aromatic heterocycles. The number of hydrogen-bond acceptors (Lipinski definition) is 3. The van der Waals surface area contributed by atoms with Crippen molar-refractivity contribution >= 4 is 23.3 Å². The highest BCUT2D eigenvalue weighted by molar-refractivity contribution is 8.01. The van der Waals surface area contributed by atoms with Gasteiger partial charge in [-0.2, -0.15) is 0 Å². The van der Waals surface area contributed by atoms with Crippen molar-refractivity contribution < 1.29 is 4.79 Å². The van der Waals surface area contributed by atoms with E-state index in [1.807, 2.05) is 0 Å². The van der Waals surface area contributed by atoms with Crippen LogP contribution in [0.25, 0.3) is 0 Å². The quantitative estimate of drug-likeness (QED) is 0.721. The molecule has 88 valence electrons. The molecule has 0 aromatic rings. The lowest BCUT2D eigenvalue weighted by atomic mass is 9.98. The molecule has 0 aliphatic carbocycles. The summed E-state index contributed by atoms with van der Waals surface area (Å²) in [6.45, 7) is 3.78. The minimum atomic E-state index is -0.124. The van der Waals surface area contributed by atoms with Crippen molar-refractivity contribution in [1.29, 1.82) is 0 Å². The Morgan fingerprint density at radius 1 is 1.73 bits per heavy atom.